The van der Waals surface area contributed by atoms with E-state index >= 15 is 0 Å². The highest BCUT2D eigenvalue weighted by molar-refractivity contribution is 5.94. The van der Waals surface area contributed by atoms with E-state index in [0.717, 1.165) is 5.56 Å². The first kappa shape index (κ1) is 14.1. The van der Waals surface area contributed by atoms with Gasteiger partial charge >= 0.3 is 0 Å². The van der Waals surface area contributed by atoms with E-state index in [9.17, 15) is 4.79 Å². The maximum absolute atomic E-state index is 11.4. The van der Waals surface area contributed by atoms with Gasteiger partial charge in [0.05, 0.1) is 7.11 Å². The molecule has 0 heterocycles. The third kappa shape index (κ3) is 3.38. The maximum Gasteiger partial charge on any atom is 0.162 e. The molecule has 0 N–H and O–H groups in total. The molecule has 0 aliphatic heterocycles. The second kappa shape index (κ2) is 6.24. The summed E-state index contributed by atoms with van der Waals surface area (Å²) in [5, 5.41) is 0. The SMILES string of the molecule is COc1ccc(C(C)=O)cc1OCc1ccc(C)cc1. The summed E-state index contributed by atoms with van der Waals surface area (Å²) in [6.45, 7) is 4.02. The molecule has 0 bridgehead atoms. The fraction of sp³-hybridized carbons (Fsp3) is 0.235. The van der Waals surface area contributed by atoms with Crippen LogP contribution in [-0.4, -0.2) is 12.9 Å². The van der Waals surface area contributed by atoms with Crippen LogP contribution in [0.1, 0.15) is 28.4 Å². The van der Waals surface area contributed by atoms with Crippen LogP contribution in [0.5, 0.6) is 11.5 Å². The van der Waals surface area contributed by atoms with Crippen LogP contribution < -0.4 is 9.47 Å². The van der Waals surface area contributed by atoms with E-state index in [4.69, 9.17) is 9.47 Å². The molecule has 0 amide bonds. The molecular formula is C17H18O3. The first-order chi connectivity index (χ1) is 9.60. The minimum Gasteiger partial charge on any atom is -0.493 e. The summed E-state index contributed by atoms with van der Waals surface area (Å²) in [6.07, 6.45) is 0. The molecule has 0 aliphatic rings. The predicted molar refractivity (Wildman–Crippen MR) is 78.5 cm³/mol. The van der Waals surface area contributed by atoms with Crippen molar-refractivity contribution >= 4 is 5.78 Å². The molecule has 104 valence electrons. The van der Waals surface area contributed by atoms with Gasteiger partial charge in [-0.2, -0.15) is 0 Å². The van der Waals surface area contributed by atoms with Crippen LogP contribution in [0.4, 0.5) is 0 Å². The number of carbonyl (C=O) groups is 1. The Kier molecular flexibility index (Phi) is 4.41. The van der Waals surface area contributed by atoms with Crippen LogP contribution in [0.2, 0.25) is 0 Å². The average Bonchev–Trinajstić information content (AvgIpc) is 2.46. The van der Waals surface area contributed by atoms with Crippen LogP contribution in [-0.2, 0) is 6.61 Å². The van der Waals surface area contributed by atoms with E-state index in [1.807, 2.05) is 31.2 Å². The fourth-order valence-corrected chi connectivity index (χ4v) is 1.85. The number of rotatable bonds is 5. The normalized spacial score (nSPS) is 10.2. The number of Topliss-reactive ketones (excluding diaryl/α,β-unsaturated/α-hetero) is 1. The molecule has 2 aromatic carbocycles. The van der Waals surface area contributed by atoms with Gasteiger partial charge < -0.3 is 9.47 Å². The summed E-state index contributed by atoms with van der Waals surface area (Å²) in [7, 11) is 1.58. The van der Waals surface area contributed by atoms with Gasteiger partial charge in [0.25, 0.3) is 0 Å². The van der Waals surface area contributed by atoms with Crippen LogP contribution in [0.15, 0.2) is 42.5 Å². The first-order valence-corrected chi connectivity index (χ1v) is 6.47. The third-order valence-corrected chi connectivity index (χ3v) is 3.09. The van der Waals surface area contributed by atoms with Gasteiger partial charge in [0.1, 0.15) is 6.61 Å². The molecule has 0 fully saturated rings. The second-order valence-corrected chi connectivity index (χ2v) is 4.70. The second-order valence-electron chi connectivity index (χ2n) is 4.70. The van der Waals surface area contributed by atoms with Gasteiger partial charge in [0, 0.05) is 5.56 Å². The summed E-state index contributed by atoms with van der Waals surface area (Å²) in [5.74, 6) is 1.22. The molecule has 0 aromatic heterocycles. The van der Waals surface area contributed by atoms with Crippen LogP contribution in [0.3, 0.4) is 0 Å². The van der Waals surface area contributed by atoms with Crippen LogP contribution >= 0.6 is 0 Å². The van der Waals surface area contributed by atoms with Crippen molar-refractivity contribution in [2.75, 3.05) is 7.11 Å². The summed E-state index contributed by atoms with van der Waals surface area (Å²) >= 11 is 0. The highest BCUT2D eigenvalue weighted by Gasteiger charge is 2.08. The zero-order valence-electron chi connectivity index (χ0n) is 12.0. The van der Waals surface area contributed by atoms with Crippen molar-refractivity contribution < 1.29 is 14.3 Å². The van der Waals surface area contributed by atoms with Crippen molar-refractivity contribution in [3.8, 4) is 11.5 Å². The van der Waals surface area contributed by atoms with Gasteiger partial charge in [-0.1, -0.05) is 29.8 Å². The summed E-state index contributed by atoms with van der Waals surface area (Å²) in [6, 6.07) is 13.3. The number of ether oxygens (including phenoxy) is 2. The Bertz CT molecular complexity index is 600. The van der Waals surface area contributed by atoms with Crippen molar-refractivity contribution in [3.05, 3.63) is 59.2 Å². The molecule has 0 spiro atoms. The molecule has 0 unspecified atom stereocenters. The van der Waals surface area contributed by atoms with Gasteiger partial charge in [0.15, 0.2) is 17.3 Å². The van der Waals surface area contributed by atoms with E-state index in [1.165, 1.54) is 12.5 Å². The summed E-state index contributed by atoms with van der Waals surface area (Å²) < 4.78 is 11.0. The van der Waals surface area contributed by atoms with Crippen molar-refractivity contribution in [1.82, 2.24) is 0 Å². The molecule has 2 rings (SSSR count). The van der Waals surface area contributed by atoms with Gasteiger partial charge in [-0.15, -0.1) is 0 Å². The van der Waals surface area contributed by atoms with Crippen molar-refractivity contribution in [2.24, 2.45) is 0 Å². The minimum absolute atomic E-state index is 0.00726. The topological polar surface area (TPSA) is 35.5 Å². The largest absolute Gasteiger partial charge is 0.493 e. The number of hydrogen-bond acceptors (Lipinski definition) is 3. The van der Waals surface area contributed by atoms with Crippen molar-refractivity contribution in [2.45, 2.75) is 20.5 Å². The summed E-state index contributed by atoms with van der Waals surface area (Å²) in [4.78, 5) is 11.4. The Morgan fingerprint density at radius 3 is 2.35 bits per heavy atom. The Balaban J connectivity index is 2.16. The lowest BCUT2D eigenvalue weighted by Gasteiger charge is -2.12. The number of ketones is 1. The van der Waals surface area contributed by atoms with Gasteiger partial charge in [-0.3, -0.25) is 4.79 Å². The molecule has 0 saturated heterocycles. The Hall–Kier alpha value is -2.29. The van der Waals surface area contributed by atoms with E-state index in [0.29, 0.717) is 23.7 Å². The number of aryl methyl sites for hydroxylation is 1. The highest BCUT2D eigenvalue weighted by Crippen LogP contribution is 2.29. The third-order valence-electron chi connectivity index (χ3n) is 3.09. The molecular weight excluding hydrogens is 252 g/mol. The highest BCUT2D eigenvalue weighted by atomic mass is 16.5. The molecule has 20 heavy (non-hydrogen) atoms. The number of methoxy groups -OCH3 is 1. The lowest BCUT2D eigenvalue weighted by atomic mass is 10.1. The lowest BCUT2D eigenvalue weighted by molar-refractivity contribution is 0.101. The maximum atomic E-state index is 11.4. The fourth-order valence-electron chi connectivity index (χ4n) is 1.85. The van der Waals surface area contributed by atoms with E-state index in [1.54, 1.807) is 25.3 Å². The molecule has 3 heteroatoms. The van der Waals surface area contributed by atoms with E-state index in [-0.39, 0.29) is 5.78 Å². The number of hydrogen-bond donors (Lipinski definition) is 0. The molecule has 0 aliphatic carbocycles. The molecule has 0 atom stereocenters. The van der Waals surface area contributed by atoms with Crippen molar-refractivity contribution in [3.63, 3.8) is 0 Å². The smallest absolute Gasteiger partial charge is 0.162 e. The Labute approximate surface area is 119 Å². The molecule has 0 radical (unpaired) electrons. The molecule has 3 nitrogen and oxygen atoms in total. The molecule has 0 saturated carbocycles. The van der Waals surface area contributed by atoms with Crippen LogP contribution in [0, 0.1) is 6.92 Å². The zero-order valence-corrected chi connectivity index (χ0v) is 12.0. The molecule has 2 aromatic rings. The quantitative estimate of drug-likeness (QED) is 0.775. The minimum atomic E-state index is 0.00726. The monoisotopic (exact) mass is 270 g/mol. The van der Waals surface area contributed by atoms with Gasteiger partial charge in [-0.05, 0) is 37.6 Å². The Morgan fingerprint density at radius 2 is 1.75 bits per heavy atom. The average molecular weight is 270 g/mol. The number of carbonyl (C=O) groups excluding carboxylic acids is 1. The van der Waals surface area contributed by atoms with Crippen LogP contribution in [0.25, 0.3) is 0 Å². The lowest BCUT2D eigenvalue weighted by Crippen LogP contribution is -2.00. The predicted octanol–water partition coefficient (Wildman–Crippen LogP) is 3.79. The van der Waals surface area contributed by atoms with Crippen molar-refractivity contribution in [1.29, 1.82) is 0 Å². The van der Waals surface area contributed by atoms with Gasteiger partial charge in [-0.25, -0.2) is 0 Å². The van der Waals surface area contributed by atoms with E-state index < -0.39 is 0 Å². The first-order valence-electron chi connectivity index (χ1n) is 6.47. The standard InChI is InChI=1S/C17H18O3/c1-12-4-6-14(7-5-12)11-20-17-10-15(13(2)18)8-9-16(17)19-3/h4-10H,11H2,1-3H3. The summed E-state index contributed by atoms with van der Waals surface area (Å²) in [5.41, 5.74) is 2.90. The zero-order chi connectivity index (χ0) is 14.5. The Morgan fingerprint density at radius 1 is 1.05 bits per heavy atom. The van der Waals surface area contributed by atoms with E-state index in [2.05, 4.69) is 0 Å². The van der Waals surface area contributed by atoms with Gasteiger partial charge in [0.2, 0.25) is 0 Å². The number of benzene rings is 2.